The Morgan fingerprint density at radius 2 is 1.74 bits per heavy atom. The summed E-state index contributed by atoms with van der Waals surface area (Å²) >= 11 is 0. The first-order chi connectivity index (χ1) is 16.3. The van der Waals surface area contributed by atoms with Crippen LogP contribution in [0.5, 0.6) is 23.1 Å². The normalized spacial score (nSPS) is 11.6. The standard InChI is InChI=1S/C27H18BN3O2.Pt/c1-31-16-15-30-27(31)19-7-6-8-20(17-19)28-22-9-2-3-10-24(22)33-25-13-12-21(18-23(25)28)32-26-11-4-5-14-29-26;/h2-16H,1H3;/q-2;+2. The van der Waals surface area contributed by atoms with Crippen LogP contribution in [0.1, 0.15) is 0 Å². The van der Waals surface area contributed by atoms with Crippen molar-refractivity contribution < 1.29 is 30.5 Å². The first kappa shape index (κ1) is 22.2. The van der Waals surface area contributed by atoms with Gasteiger partial charge in [0.25, 0.3) is 0 Å². The molecule has 0 atom stereocenters. The van der Waals surface area contributed by atoms with Crippen LogP contribution in [0.15, 0.2) is 91.4 Å². The van der Waals surface area contributed by atoms with Crippen molar-refractivity contribution in [1.29, 1.82) is 0 Å². The molecule has 2 aromatic heterocycles. The fraction of sp³-hybridized carbons (Fsp3) is 0.0370. The Morgan fingerprint density at radius 3 is 2.56 bits per heavy atom. The number of hydrogen-bond acceptors (Lipinski definition) is 4. The molecule has 3 aromatic carbocycles. The molecule has 0 bridgehead atoms. The minimum absolute atomic E-state index is 0. The van der Waals surface area contributed by atoms with Gasteiger partial charge in [0.05, 0.1) is 5.82 Å². The van der Waals surface area contributed by atoms with Crippen LogP contribution in [0.2, 0.25) is 0 Å². The maximum atomic E-state index is 6.22. The summed E-state index contributed by atoms with van der Waals surface area (Å²) in [6.45, 7) is -0.113. The second-order valence-corrected chi connectivity index (χ2v) is 7.83. The Hall–Kier alpha value is -3.63. The summed E-state index contributed by atoms with van der Waals surface area (Å²) < 4.78 is 14.2. The second kappa shape index (κ2) is 9.32. The molecule has 0 spiro atoms. The molecule has 3 heterocycles. The van der Waals surface area contributed by atoms with Gasteiger partial charge in [-0.15, -0.1) is 53.5 Å². The Bertz CT molecular complexity index is 1460. The van der Waals surface area contributed by atoms with Gasteiger partial charge in [-0.3, -0.25) is 4.98 Å². The average molecular weight is 622 g/mol. The van der Waals surface area contributed by atoms with Gasteiger partial charge >= 0.3 is 21.1 Å². The molecule has 5 aromatic rings. The van der Waals surface area contributed by atoms with Crippen LogP contribution in [0, 0.1) is 12.1 Å². The summed E-state index contributed by atoms with van der Waals surface area (Å²) in [7, 11) is 1.98. The molecule has 1 aliphatic heterocycles. The molecule has 0 saturated carbocycles. The summed E-state index contributed by atoms with van der Waals surface area (Å²) in [5, 5.41) is 0. The quantitative estimate of drug-likeness (QED) is 0.223. The predicted molar refractivity (Wildman–Crippen MR) is 128 cm³/mol. The molecular formula is C27H18BN3O2Pt. The van der Waals surface area contributed by atoms with Crippen molar-refractivity contribution in [3.63, 3.8) is 0 Å². The van der Waals surface area contributed by atoms with Crippen LogP contribution in [0.4, 0.5) is 0 Å². The summed E-state index contributed by atoms with van der Waals surface area (Å²) in [5.41, 5.74) is 3.91. The SMILES string of the molecule is Cn1ccnc1-c1[c-]c(B2c3[c-]c(Oc4ccccn4)ccc3Oc3ccccc32)ccc1.[Pt+2]. The number of imidazole rings is 1. The van der Waals surface area contributed by atoms with Crippen molar-refractivity contribution in [3.05, 3.63) is 104 Å². The van der Waals surface area contributed by atoms with E-state index >= 15 is 0 Å². The molecule has 5 nitrogen and oxygen atoms in total. The Morgan fingerprint density at radius 1 is 0.853 bits per heavy atom. The predicted octanol–water partition coefficient (Wildman–Crippen LogP) is 3.49. The van der Waals surface area contributed by atoms with Gasteiger partial charge in [-0.05, 0) is 17.6 Å². The van der Waals surface area contributed by atoms with E-state index in [1.165, 1.54) is 0 Å². The van der Waals surface area contributed by atoms with E-state index in [-0.39, 0.29) is 27.8 Å². The Balaban J connectivity index is 0.00000241. The molecule has 34 heavy (non-hydrogen) atoms. The number of fused-ring (bicyclic) bond motifs is 2. The van der Waals surface area contributed by atoms with Gasteiger partial charge in [-0.25, -0.2) is 4.98 Å². The molecule has 0 amide bonds. The fourth-order valence-corrected chi connectivity index (χ4v) is 4.18. The third kappa shape index (κ3) is 4.06. The number of aryl methyl sites for hydroxylation is 1. The molecule has 7 heteroatoms. The number of aromatic nitrogens is 3. The molecule has 0 radical (unpaired) electrons. The summed E-state index contributed by atoms with van der Waals surface area (Å²) in [6, 6.07) is 30.6. The molecule has 0 saturated heterocycles. The second-order valence-electron chi connectivity index (χ2n) is 7.83. The van der Waals surface area contributed by atoms with Gasteiger partial charge in [-0.2, -0.15) is 5.46 Å². The average Bonchev–Trinajstić information content (AvgIpc) is 3.29. The van der Waals surface area contributed by atoms with Gasteiger partial charge in [-0.1, -0.05) is 24.3 Å². The number of benzene rings is 3. The molecule has 0 unspecified atom stereocenters. The van der Waals surface area contributed by atoms with E-state index in [2.05, 4.69) is 34.2 Å². The third-order valence-corrected chi connectivity index (χ3v) is 5.69. The summed E-state index contributed by atoms with van der Waals surface area (Å²) in [4.78, 5) is 8.75. The number of nitrogens with zero attached hydrogens (tertiary/aromatic N) is 3. The summed E-state index contributed by atoms with van der Waals surface area (Å²) in [6.07, 6.45) is 5.43. The Kier molecular flexibility index (Phi) is 6.08. The fourth-order valence-electron chi connectivity index (χ4n) is 4.18. The smallest absolute Gasteiger partial charge is 0.518 e. The van der Waals surface area contributed by atoms with Gasteiger partial charge in [0.2, 0.25) is 12.6 Å². The van der Waals surface area contributed by atoms with Crippen LogP contribution in [0.3, 0.4) is 0 Å². The maximum absolute atomic E-state index is 6.22. The van der Waals surface area contributed by atoms with Gasteiger partial charge < -0.3 is 14.0 Å². The molecule has 1 aliphatic rings. The van der Waals surface area contributed by atoms with Crippen molar-refractivity contribution in [2.75, 3.05) is 0 Å². The van der Waals surface area contributed by atoms with E-state index in [0.29, 0.717) is 11.6 Å². The van der Waals surface area contributed by atoms with Crippen LogP contribution in [-0.4, -0.2) is 21.2 Å². The van der Waals surface area contributed by atoms with Crippen LogP contribution >= 0.6 is 0 Å². The minimum atomic E-state index is -0.113. The Labute approximate surface area is 212 Å². The molecule has 0 N–H and O–H groups in total. The van der Waals surface area contributed by atoms with E-state index < -0.39 is 0 Å². The maximum Gasteiger partial charge on any atom is 2.00 e. The monoisotopic (exact) mass is 622 g/mol. The van der Waals surface area contributed by atoms with E-state index in [0.717, 1.165) is 39.3 Å². The minimum Gasteiger partial charge on any atom is -0.518 e. The van der Waals surface area contributed by atoms with E-state index in [1.807, 2.05) is 78.5 Å². The molecule has 6 rings (SSSR count). The first-order valence-corrected chi connectivity index (χ1v) is 10.7. The van der Waals surface area contributed by atoms with Crippen LogP contribution < -0.4 is 25.9 Å². The van der Waals surface area contributed by atoms with Crippen molar-refractivity contribution >= 4 is 23.1 Å². The number of hydrogen-bond donors (Lipinski definition) is 0. The molecule has 166 valence electrons. The van der Waals surface area contributed by atoms with Crippen molar-refractivity contribution in [1.82, 2.24) is 14.5 Å². The number of ether oxygens (including phenoxy) is 2. The van der Waals surface area contributed by atoms with Crippen LogP contribution in [0.25, 0.3) is 11.4 Å². The zero-order valence-corrected chi connectivity index (χ0v) is 20.5. The first-order valence-electron chi connectivity index (χ1n) is 10.7. The number of para-hydroxylation sites is 1. The van der Waals surface area contributed by atoms with E-state index in [1.54, 1.807) is 12.4 Å². The van der Waals surface area contributed by atoms with Crippen molar-refractivity contribution in [2.24, 2.45) is 7.05 Å². The third-order valence-electron chi connectivity index (χ3n) is 5.69. The largest absolute Gasteiger partial charge is 2.00 e. The zero-order chi connectivity index (χ0) is 22.2. The van der Waals surface area contributed by atoms with E-state index in [9.17, 15) is 0 Å². The van der Waals surface area contributed by atoms with Crippen LogP contribution in [-0.2, 0) is 28.1 Å². The number of rotatable bonds is 4. The molecule has 0 fully saturated rings. The summed E-state index contributed by atoms with van der Waals surface area (Å²) in [5.74, 6) is 3.56. The van der Waals surface area contributed by atoms with Gasteiger partial charge in [0.15, 0.2) is 0 Å². The van der Waals surface area contributed by atoms with Crippen molar-refractivity contribution in [3.8, 4) is 34.5 Å². The van der Waals surface area contributed by atoms with Gasteiger partial charge in [0, 0.05) is 43.2 Å². The van der Waals surface area contributed by atoms with E-state index in [4.69, 9.17) is 9.47 Å². The number of pyridine rings is 1. The van der Waals surface area contributed by atoms with Gasteiger partial charge in [0.1, 0.15) is 5.75 Å². The molecular weight excluding hydrogens is 604 g/mol. The zero-order valence-electron chi connectivity index (χ0n) is 18.2. The molecule has 0 aliphatic carbocycles. The van der Waals surface area contributed by atoms with Crippen molar-refractivity contribution in [2.45, 2.75) is 0 Å². The topological polar surface area (TPSA) is 49.2 Å².